The molecular formula is C12H16BrCl2NO2S. The SMILES string of the molecule is CC(C)C(C)N(C)S(=O)(=O)c1c(Cl)cc(Br)cc1Cl. The zero-order chi connectivity index (χ0) is 15.0. The molecule has 0 aromatic heterocycles. The molecule has 0 heterocycles. The first-order valence-electron chi connectivity index (χ1n) is 5.71. The van der Waals surface area contributed by atoms with E-state index >= 15 is 0 Å². The van der Waals surface area contributed by atoms with Gasteiger partial charge in [-0.2, -0.15) is 4.31 Å². The molecule has 1 unspecified atom stereocenters. The monoisotopic (exact) mass is 387 g/mol. The lowest BCUT2D eigenvalue weighted by Crippen LogP contribution is -2.38. The van der Waals surface area contributed by atoms with Crippen molar-refractivity contribution in [1.82, 2.24) is 4.31 Å². The molecule has 3 nitrogen and oxygen atoms in total. The van der Waals surface area contributed by atoms with Crippen molar-refractivity contribution in [3.8, 4) is 0 Å². The maximum atomic E-state index is 12.6. The number of halogens is 3. The molecule has 19 heavy (non-hydrogen) atoms. The maximum absolute atomic E-state index is 12.6. The van der Waals surface area contributed by atoms with Crippen LogP contribution in [0.2, 0.25) is 10.0 Å². The van der Waals surface area contributed by atoms with E-state index < -0.39 is 10.0 Å². The van der Waals surface area contributed by atoms with Crippen LogP contribution in [-0.4, -0.2) is 25.8 Å². The third-order valence-electron chi connectivity index (χ3n) is 3.14. The zero-order valence-corrected chi connectivity index (χ0v) is 15.0. The van der Waals surface area contributed by atoms with E-state index in [1.54, 1.807) is 0 Å². The molecule has 7 heteroatoms. The van der Waals surface area contributed by atoms with Crippen LogP contribution < -0.4 is 0 Å². The van der Waals surface area contributed by atoms with E-state index in [0.29, 0.717) is 4.47 Å². The third kappa shape index (κ3) is 3.64. The molecule has 108 valence electrons. The van der Waals surface area contributed by atoms with Crippen molar-refractivity contribution in [2.45, 2.75) is 31.7 Å². The number of benzene rings is 1. The Kier molecular flexibility index (Phi) is 5.72. The summed E-state index contributed by atoms with van der Waals surface area (Å²) in [6, 6.07) is 2.89. The summed E-state index contributed by atoms with van der Waals surface area (Å²) in [5, 5.41) is 0.226. The Balaban J connectivity index is 3.36. The summed E-state index contributed by atoms with van der Waals surface area (Å²) in [6.07, 6.45) is 0. The Hall–Kier alpha value is 0.190. The predicted molar refractivity (Wildman–Crippen MR) is 83.4 cm³/mol. The highest BCUT2D eigenvalue weighted by Gasteiger charge is 2.31. The summed E-state index contributed by atoms with van der Waals surface area (Å²) < 4.78 is 27.1. The normalized spacial score (nSPS) is 14.2. The summed E-state index contributed by atoms with van der Waals surface area (Å²) in [5.74, 6) is 0.188. The summed E-state index contributed by atoms with van der Waals surface area (Å²) in [5.41, 5.74) is 0. The van der Waals surface area contributed by atoms with Crippen LogP contribution in [0.5, 0.6) is 0 Å². The number of hydrogen-bond acceptors (Lipinski definition) is 2. The summed E-state index contributed by atoms with van der Waals surface area (Å²) in [4.78, 5) is -0.0472. The Morgan fingerprint density at radius 1 is 1.16 bits per heavy atom. The molecule has 1 rings (SSSR count). The molecule has 1 aromatic carbocycles. The number of nitrogens with zero attached hydrogens (tertiary/aromatic N) is 1. The Labute approximate surface area is 133 Å². The van der Waals surface area contributed by atoms with Gasteiger partial charge in [-0.3, -0.25) is 0 Å². The van der Waals surface area contributed by atoms with Gasteiger partial charge in [-0.15, -0.1) is 0 Å². The van der Waals surface area contributed by atoms with Gasteiger partial charge in [-0.25, -0.2) is 8.42 Å². The highest BCUT2D eigenvalue weighted by molar-refractivity contribution is 9.10. The fourth-order valence-electron chi connectivity index (χ4n) is 1.56. The van der Waals surface area contributed by atoms with Crippen molar-refractivity contribution in [3.05, 3.63) is 26.7 Å². The summed E-state index contributed by atoms with van der Waals surface area (Å²) >= 11 is 15.3. The minimum absolute atomic E-state index is 0.0472. The van der Waals surface area contributed by atoms with Crippen LogP contribution in [0.4, 0.5) is 0 Å². The lowest BCUT2D eigenvalue weighted by Gasteiger charge is -2.27. The Morgan fingerprint density at radius 3 is 1.95 bits per heavy atom. The second kappa shape index (κ2) is 6.31. The van der Waals surface area contributed by atoms with Crippen LogP contribution in [0, 0.1) is 5.92 Å². The van der Waals surface area contributed by atoms with Gasteiger partial charge in [0.1, 0.15) is 4.90 Å². The number of hydrogen-bond donors (Lipinski definition) is 0. The van der Waals surface area contributed by atoms with Crippen LogP contribution in [0.3, 0.4) is 0 Å². The smallest absolute Gasteiger partial charge is 0.207 e. The molecule has 0 saturated heterocycles. The van der Waals surface area contributed by atoms with E-state index in [0.717, 1.165) is 0 Å². The van der Waals surface area contributed by atoms with Crippen molar-refractivity contribution in [3.63, 3.8) is 0 Å². The molecule has 0 amide bonds. The fourth-order valence-corrected chi connectivity index (χ4v) is 4.93. The van der Waals surface area contributed by atoms with Gasteiger partial charge in [-0.05, 0) is 25.0 Å². The minimum atomic E-state index is -3.71. The molecule has 0 fully saturated rings. The van der Waals surface area contributed by atoms with E-state index in [1.807, 2.05) is 20.8 Å². The lowest BCUT2D eigenvalue weighted by atomic mass is 10.1. The van der Waals surface area contributed by atoms with Crippen LogP contribution in [-0.2, 0) is 10.0 Å². The molecule has 0 bridgehead atoms. The average molecular weight is 389 g/mol. The van der Waals surface area contributed by atoms with Crippen LogP contribution in [0.25, 0.3) is 0 Å². The predicted octanol–water partition coefficient (Wildman–Crippen LogP) is 4.42. The zero-order valence-electron chi connectivity index (χ0n) is 11.1. The van der Waals surface area contributed by atoms with Crippen molar-refractivity contribution in [1.29, 1.82) is 0 Å². The van der Waals surface area contributed by atoms with Crippen molar-refractivity contribution < 1.29 is 8.42 Å². The van der Waals surface area contributed by atoms with Crippen molar-refractivity contribution in [2.75, 3.05) is 7.05 Å². The molecule has 1 atom stereocenters. The number of sulfonamides is 1. The van der Waals surface area contributed by atoms with Crippen LogP contribution >= 0.6 is 39.1 Å². The molecule has 0 saturated carbocycles. The molecule has 1 aromatic rings. The van der Waals surface area contributed by atoms with Gasteiger partial charge in [0.25, 0.3) is 0 Å². The summed E-state index contributed by atoms with van der Waals surface area (Å²) in [6.45, 7) is 5.77. The summed E-state index contributed by atoms with van der Waals surface area (Å²) in [7, 11) is -2.18. The molecule has 0 aliphatic rings. The quantitative estimate of drug-likeness (QED) is 0.765. The van der Waals surface area contributed by atoms with Crippen molar-refractivity contribution >= 4 is 49.2 Å². The van der Waals surface area contributed by atoms with E-state index in [1.165, 1.54) is 23.5 Å². The van der Waals surface area contributed by atoms with Gasteiger partial charge in [0, 0.05) is 17.6 Å². The van der Waals surface area contributed by atoms with Gasteiger partial charge in [-0.1, -0.05) is 53.0 Å². The molecule has 0 radical (unpaired) electrons. The molecule has 0 N–H and O–H groups in total. The van der Waals surface area contributed by atoms with Gasteiger partial charge in [0.05, 0.1) is 10.0 Å². The standard InChI is InChI=1S/C12H16BrCl2NO2S/c1-7(2)8(3)16(4)19(17,18)12-10(14)5-9(13)6-11(12)15/h5-8H,1-4H3. The lowest BCUT2D eigenvalue weighted by molar-refractivity contribution is 0.316. The van der Waals surface area contributed by atoms with E-state index in [9.17, 15) is 8.42 Å². The van der Waals surface area contributed by atoms with Gasteiger partial charge >= 0.3 is 0 Å². The first-order valence-corrected chi connectivity index (χ1v) is 8.70. The van der Waals surface area contributed by atoms with E-state index in [4.69, 9.17) is 23.2 Å². The highest BCUT2D eigenvalue weighted by atomic mass is 79.9. The van der Waals surface area contributed by atoms with Gasteiger partial charge in [0.2, 0.25) is 10.0 Å². The minimum Gasteiger partial charge on any atom is -0.207 e. The average Bonchev–Trinajstić information content (AvgIpc) is 2.24. The van der Waals surface area contributed by atoms with Gasteiger partial charge < -0.3 is 0 Å². The van der Waals surface area contributed by atoms with E-state index in [2.05, 4.69) is 15.9 Å². The molecule has 0 spiro atoms. The van der Waals surface area contributed by atoms with Crippen LogP contribution in [0.1, 0.15) is 20.8 Å². The first-order chi connectivity index (χ1) is 8.59. The number of rotatable bonds is 4. The second-order valence-electron chi connectivity index (χ2n) is 4.70. The largest absolute Gasteiger partial charge is 0.246 e. The third-order valence-corrected chi connectivity index (χ3v) is 6.46. The molecule has 0 aliphatic carbocycles. The molecular weight excluding hydrogens is 373 g/mol. The van der Waals surface area contributed by atoms with Crippen molar-refractivity contribution in [2.24, 2.45) is 5.92 Å². The Morgan fingerprint density at radius 2 is 1.58 bits per heavy atom. The molecule has 0 aliphatic heterocycles. The highest BCUT2D eigenvalue weighted by Crippen LogP contribution is 2.35. The van der Waals surface area contributed by atoms with E-state index in [-0.39, 0.29) is 26.9 Å². The topological polar surface area (TPSA) is 37.4 Å². The fraction of sp³-hybridized carbons (Fsp3) is 0.500. The first kappa shape index (κ1) is 17.2. The van der Waals surface area contributed by atoms with Crippen LogP contribution in [0.15, 0.2) is 21.5 Å². The maximum Gasteiger partial charge on any atom is 0.246 e. The Bertz CT molecular complexity index is 552. The second-order valence-corrected chi connectivity index (χ2v) is 8.37. The van der Waals surface area contributed by atoms with Gasteiger partial charge in [0.15, 0.2) is 0 Å².